The number of rotatable bonds is 9. The van der Waals surface area contributed by atoms with Gasteiger partial charge in [-0.05, 0) is 54.6 Å². The molecular formula is C32H30FN3O3. The molecule has 1 N–H and O–H groups in total. The summed E-state index contributed by atoms with van der Waals surface area (Å²) in [7, 11) is 0. The van der Waals surface area contributed by atoms with Gasteiger partial charge in [0, 0.05) is 30.0 Å². The molecule has 0 fully saturated rings. The molecule has 1 aliphatic rings. The van der Waals surface area contributed by atoms with Gasteiger partial charge in [-0.3, -0.25) is 19.3 Å². The highest BCUT2D eigenvalue weighted by Crippen LogP contribution is 2.37. The highest BCUT2D eigenvalue weighted by atomic mass is 19.1. The summed E-state index contributed by atoms with van der Waals surface area (Å²) >= 11 is 0. The fourth-order valence-electron chi connectivity index (χ4n) is 5.08. The number of halogens is 1. The first-order chi connectivity index (χ1) is 18.8. The molecule has 5 rings (SSSR count). The van der Waals surface area contributed by atoms with Crippen molar-refractivity contribution in [3.05, 3.63) is 114 Å². The van der Waals surface area contributed by atoms with Crippen LogP contribution in [0, 0.1) is 5.82 Å². The Balaban J connectivity index is 1.51. The van der Waals surface area contributed by atoms with Crippen molar-refractivity contribution in [3.63, 3.8) is 0 Å². The van der Waals surface area contributed by atoms with Crippen LogP contribution in [0.25, 0.3) is 10.8 Å². The van der Waals surface area contributed by atoms with E-state index < -0.39 is 6.04 Å². The van der Waals surface area contributed by atoms with E-state index in [-0.39, 0.29) is 49.1 Å². The first kappa shape index (κ1) is 26.1. The molecule has 4 aromatic carbocycles. The fraction of sp³-hybridized carbons (Fsp3) is 0.219. The zero-order valence-electron chi connectivity index (χ0n) is 21.9. The molecule has 0 spiro atoms. The Morgan fingerprint density at radius 1 is 0.872 bits per heavy atom. The van der Waals surface area contributed by atoms with E-state index in [1.54, 1.807) is 18.2 Å². The standard InChI is InChI=1S/C32H30FN3O3/c1-21(2)34-31(38)28(18-22-8-4-3-5-9-22)35(19-23-14-16-25(33)17-15-23)29(37)20-36-27-13-7-11-24-10-6-12-26(30(24)27)32(36)39/h3-17,21,28H,18-20H2,1-2H3,(H,34,38)/t28-/m0/s1. The van der Waals surface area contributed by atoms with E-state index in [9.17, 15) is 18.8 Å². The minimum absolute atomic E-state index is 0.0846. The van der Waals surface area contributed by atoms with E-state index in [2.05, 4.69) is 5.32 Å². The molecule has 198 valence electrons. The number of amides is 3. The highest BCUT2D eigenvalue weighted by molar-refractivity contribution is 6.26. The van der Waals surface area contributed by atoms with Crippen LogP contribution in [0.1, 0.15) is 35.3 Å². The predicted octanol–water partition coefficient (Wildman–Crippen LogP) is 5.10. The lowest BCUT2D eigenvalue weighted by Crippen LogP contribution is -2.54. The quantitative estimate of drug-likeness (QED) is 0.332. The minimum Gasteiger partial charge on any atom is -0.352 e. The minimum atomic E-state index is -0.844. The van der Waals surface area contributed by atoms with E-state index in [1.807, 2.05) is 74.5 Å². The summed E-state index contributed by atoms with van der Waals surface area (Å²) in [5.41, 5.74) is 2.81. The van der Waals surface area contributed by atoms with Gasteiger partial charge in [0.25, 0.3) is 5.91 Å². The van der Waals surface area contributed by atoms with Crippen LogP contribution in [0.3, 0.4) is 0 Å². The average molecular weight is 524 g/mol. The molecule has 4 aromatic rings. The molecule has 6 nitrogen and oxygen atoms in total. The van der Waals surface area contributed by atoms with Crippen molar-refractivity contribution in [2.75, 3.05) is 11.4 Å². The van der Waals surface area contributed by atoms with E-state index >= 15 is 0 Å². The van der Waals surface area contributed by atoms with Crippen molar-refractivity contribution in [1.82, 2.24) is 10.2 Å². The van der Waals surface area contributed by atoms with E-state index in [1.165, 1.54) is 21.9 Å². The lowest BCUT2D eigenvalue weighted by Gasteiger charge is -2.33. The second kappa shape index (κ2) is 11.1. The molecule has 1 heterocycles. The number of anilines is 1. The van der Waals surface area contributed by atoms with Gasteiger partial charge in [0.1, 0.15) is 18.4 Å². The van der Waals surface area contributed by atoms with Crippen LogP contribution in [-0.2, 0) is 22.6 Å². The molecule has 0 aromatic heterocycles. The lowest BCUT2D eigenvalue weighted by molar-refractivity contribution is -0.140. The Bertz CT molecular complexity index is 1510. The number of carbonyl (C=O) groups is 3. The van der Waals surface area contributed by atoms with Crippen LogP contribution in [-0.4, -0.2) is 41.2 Å². The summed E-state index contributed by atoms with van der Waals surface area (Å²) in [6.07, 6.45) is 0.288. The SMILES string of the molecule is CC(C)NC(=O)[C@H](Cc1ccccc1)N(Cc1ccc(F)cc1)C(=O)CN1C(=O)c2cccc3cccc1c23. The summed E-state index contributed by atoms with van der Waals surface area (Å²) < 4.78 is 13.7. The van der Waals surface area contributed by atoms with Crippen LogP contribution in [0.5, 0.6) is 0 Å². The summed E-state index contributed by atoms with van der Waals surface area (Å²) in [4.78, 5) is 44.0. The number of nitrogens with zero attached hydrogens (tertiary/aromatic N) is 2. The van der Waals surface area contributed by atoms with Gasteiger partial charge in [-0.1, -0.05) is 66.7 Å². The molecule has 0 radical (unpaired) electrons. The second-order valence-corrected chi connectivity index (χ2v) is 10.1. The first-order valence-corrected chi connectivity index (χ1v) is 13.0. The van der Waals surface area contributed by atoms with Crippen LogP contribution in [0.15, 0.2) is 91.0 Å². The molecule has 7 heteroatoms. The van der Waals surface area contributed by atoms with Crippen molar-refractivity contribution in [3.8, 4) is 0 Å². The van der Waals surface area contributed by atoms with Crippen LogP contribution < -0.4 is 10.2 Å². The Kier molecular flexibility index (Phi) is 7.41. The molecule has 3 amide bonds. The predicted molar refractivity (Wildman–Crippen MR) is 150 cm³/mol. The fourth-order valence-corrected chi connectivity index (χ4v) is 5.08. The number of carbonyl (C=O) groups excluding carboxylic acids is 3. The Morgan fingerprint density at radius 2 is 1.56 bits per heavy atom. The number of hydrogen-bond acceptors (Lipinski definition) is 3. The third-order valence-corrected chi connectivity index (χ3v) is 6.91. The molecule has 1 atom stereocenters. The number of hydrogen-bond donors (Lipinski definition) is 1. The Labute approximate surface area is 227 Å². The van der Waals surface area contributed by atoms with Crippen LogP contribution in [0.2, 0.25) is 0 Å². The third-order valence-electron chi connectivity index (χ3n) is 6.91. The van der Waals surface area contributed by atoms with Gasteiger partial charge in [0.15, 0.2) is 0 Å². The van der Waals surface area contributed by atoms with E-state index in [0.29, 0.717) is 16.8 Å². The summed E-state index contributed by atoms with van der Waals surface area (Å²) in [6, 6.07) is 25.6. The van der Waals surface area contributed by atoms with Crippen molar-refractivity contribution < 1.29 is 18.8 Å². The second-order valence-electron chi connectivity index (χ2n) is 10.1. The number of nitrogens with one attached hydrogen (secondary N) is 1. The smallest absolute Gasteiger partial charge is 0.259 e. The Hall–Kier alpha value is -4.52. The topological polar surface area (TPSA) is 69.7 Å². The summed E-state index contributed by atoms with van der Waals surface area (Å²) in [6.45, 7) is 3.59. The molecular weight excluding hydrogens is 493 g/mol. The summed E-state index contributed by atoms with van der Waals surface area (Å²) in [5.74, 6) is -1.30. The van der Waals surface area contributed by atoms with Gasteiger partial charge in [0.2, 0.25) is 11.8 Å². The molecule has 39 heavy (non-hydrogen) atoms. The van der Waals surface area contributed by atoms with Crippen LogP contribution >= 0.6 is 0 Å². The normalized spacial score (nSPS) is 13.1. The maximum atomic E-state index is 14.1. The van der Waals surface area contributed by atoms with Crippen LogP contribution in [0.4, 0.5) is 10.1 Å². The molecule has 0 bridgehead atoms. The largest absolute Gasteiger partial charge is 0.352 e. The van der Waals surface area contributed by atoms with Gasteiger partial charge in [-0.2, -0.15) is 0 Å². The van der Waals surface area contributed by atoms with Gasteiger partial charge in [0.05, 0.1) is 5.69 Å². The van der Waals surface area contributed by atoms with Crippen molar-refractivity contribution in [2.24, 2.45) is 0 Å². The Morgan fingerprint density at radius 3 is 2.26 bits per heavy atom. The lowest BCUT2D eigenvalue weighted by atomic mass is 10.0. The molecule has 0 saturated heterocycles. The maximum absolute atomic E-state index is 14.1. The van der Waals surface area contributed by atoms with Crippen molar-refractivity contribution in [2.45, 2.75) is 38.9 Å². The monoisotopic (exact) mass is 523 g/mol. The highest BCUT2D eigenvalue weighted by Gasteiger charge is 2.36. The van der Waals surface area contributed by atoms with Crippen molar-refractivity contribution in [1.29, 1.82) is 0 Å². The number of benzene rings is 4. The average Bonchev–Trinajstić information content (AvgIpc) is 3.19. The first-order valence-electron chi connectivity index (χ1n) is 13.0. The van der Waals surface area contributed by atoms with Gasteiger partial charge >= 0.3 is 0 Å². The third kappa shape index (κ3) is 5.53. The molecule has 0 aliphatic carbocycles. The van der Waals surface area contributed by atoms with Gasteiger partial charge < -0.3 is 10.2 Å². The zero-order valence-corrected chi connectivity index (χ0v) is 21.9. The van der Waals surface area contributed by atoms with Crippen molar-refractivity contribution >= 4 is 34.2 Å². The molecule has 0 saturated carbocycles. The molecule has 1 aliphatic heterocycles. The summed E-state index contributed by atoms with van der Waals surface area (Å²) in [5, 5.41) is 4.70. The van der Waals surface area contributed by atoms with Gasteiger partial charge in [-0.25, -0.2) is 4.39 Å². The molecule has 0 unspecified atom stereocenters. The van der Waals surface area contributed by atoms with Gasteiger partial charge in [-0.15, -0.1) is 0 Å². The maximum Gasteiger partial charge on any atom is 0.259 e. The van der Waals surface area contributed by atoms with E-state index in [4.69, 9.17) is 0 Å². The van der Waals surface area contributed by atoms with E-state index in [0.717, 1.165) is 16.3 Å². The zero-order chi connectivity index (χ0) is 27.5.